The van der Waals surface area contributed by atoms with E-state index in [1.807, 2.05) is 30.3 Å². The first-order valence-electron chi connectivity index (χ1n) is 13.8. The van der Waals surface area contributed by atoms with Crippen molar-refractivity contribution in [3.8, 4) is 5.75 Å². The second-order valence-electron chi connectivity index (χ2n) is 10.2. The Labute approximate surface area is 250 Å². The van der Waals surface area contributed by atoms with Crippen LogP contribution in [0.2, 0.25) is 0 Å². The van der Waals surface area contributed by atoms with Crippen LogP contribution in [0.25, 0.3) is 0 Å². The number of amides is 5. The van der Waals surface area contributed by atoms with Crippen molar-refractivity contribution in [2.45, 2.75) is 19.4 Å². The van der Waals surface area contributed by atoms with Gasteiger partial charge in [-0.05, 0) is 54.1 Å². The topological polar surface area (TPSA) is 128 Å². The smallest absolute Gasteiger partial charge is 0.254 e. The maximum Gasteiger partial charge on any atom is 0.254 e. The molecule has 0 spiro atoms. The summed E-state index contributed by atoms with van der Waals surface area (Å²) in [4.78, 5) is 68.1. The number of piperazine rings is 1. The second kappa shape index (κ2) is 14.1. The van der Waals surface area contributed by atoms with Crippen LogP contribution in [0.1, 0.15) is 22.8 Å². The minimum atomic E-state index is -0.875. The third-order valence-corrected chi connectivity index (χ3v) is 7.10. The van der Waals surface area contributed by atoms with Gasteiger partial charge in [0.25, 0.3) is 5.91 Å². The lowest BCUT2D eigenvalue weighted by Gasteiger charge is -2.34. The van der Waals surface area contributed by atoms with Crippen molar-refractivity contribution in [1.29, 1.82) is 0 Å². The highest BCUT2D eigenvalue weighted by molar-refractivity contribution is 6.00. The Balaban J connectivity index is 1.38. The van der Waals surface area contributed by atoms with Crippen molar-refractivity contribution in [2.24, 2.45) is 0 Å². The summed E-state index contributed by atoms with van der Waals surface area (Å²) in [5, 5.41) is 5.47. The van der Waals surface area contributed by atoms with E-state index in [1.165, 1.54) is 21.6 Å². The van der Waals surface area contributed by atoms with Crippen LogP contribution in [-0.4, -0.2) is 85.7 Å². The predicted molar refractivity (Wildman–Crippen MR) is 162 cm³/mol. The molecule has 3 aromatic carbocycles. The molecule has 0 radical (unpaired) electrons. The lowest BCUT2D eigenvalue weighted by atomic mass is 10.0. The molecule has 11 nitrogen and oxygen atoms in total. The second-order valence-corrected chi connectivity index (χ2v) is 10.2. The molecule has 1 saturated heterocycles. The molecule has 0 saturated carbocycles. The highest BCUT2D eigenvalue weighted by atomic mass is 16.5. The molecule has 1 atom stereocenters. The SMILES string of the molecule is COc1ccc(N(C)C(=O)[C@H](Cc2ccccc2)NC(=O)CN2CCN(C(=O)c3ccc(NC(C)=O)cc3)CC2=O)cc1. The highest BCUT2D eigenvalue weighted by Gasteiger charge is 2.31. The Hall–Kier alpha value is -5.19. The zero-order valence-corrected chi connectivity index (χ0v) is 24.4. The average molecular weight is 586 g/mol. The average Bonchev–Trinajstić information content (AvgIpc) is 3.01. The first-order chi connectivity index (χ1) is 20.6. The van der Waals surface area contributed by atoms with Crippen LogP contribution < -0.4 is 20.3 Å². The van der Waals surface area contributed by atoms with Crippen molar-refractivity contribution in [3.63, 3.8) is 0 Å². The fraction of sp³-hybridized carbons (Fsp3) is 0.281. The van der Waals surface area contributed by atoms with Crippen LogP contribution in [0.15, 0.2) is 78.9 Å². The summed E-state index contributed by atoms with van der Waals surface area (Å²) in [5.41, 5.74) is 2.46. The summed E-state index contributed by atoms with van der Waals surface area (Å²) in [7, 11) is 3.20. The molecule has 5 amide bonds. The molecule has 1 fully saturated rings. The summed E-state index contributed by atoms with van der Waals surface area (Å²) in [6, 6.07) is 21.9. The van der Waals surface area contributed by atoms with Crippen molar-refractivity contribution >= 4 is 40.9 Å². The number of nitrogens with one attached hydrogen (secondary N) is 2. The number of likely N-dealkylation sites (N-methyl/N-ethyl adjacent to an activating group) is 1. The molecule has 4 rings (SSSR count). The van der Waals surface area contributed by atoms with Gasteiger partial charge in [0.2, 0.25) is 23.6 Å². The van der Waals surface area contributed by atoms with Crippen molar-refractivity contribution < 1.29 is 28.7 Å². The quantitative estimate of drug-likeness (QED) is 0.376. The number of rotatable bonds is 10. The summed E-state index contributed by atoms with van der Waals surface area (Å²) in [6.45, 7) is 1.40. The molecule has 11 heteroatoms. The van der Waals surface area contributed by atoms with E-state index >= 15 is 0 Å². The summed E-state index contributed by atoms with van der Waals surface area (Å²) >= 11 is 0. The Bertz CT molecular complexity index is 1460. The van der Waals surface area contributed by atoms with Gasteiger partial charge in [-0.1, -0.05) is 30.3 Å². The number of nitrogens with zero attached hydrogens (tertiary/aromatic N) is 3. The van der Waals surface area contributed by atoms with E-state index in [0.717, 1.165) is 5.56 Å². The standard InChI is InChI=1S/C32H35N5O6/c1-22(38)33-25-11-9-24(10-12-25)31(41)37-18-17-36(30(40)21-37)20-29(39)34-28(19-23-7-5-4-6-8-23)32(42)35(2)26-13-15-27(43-3)16-14-26/h4-16,28H,17-21H2,1-3H3,(H,33,38)(H,34,39)/t28-/m0/s1. The van der Waals surface area contributed by atoms with E-state index in [4.69, 9.17) is 4.74 Å². The molecule has 43 heavy (non-hydrogen) atoms. The molecule has 0 aromatic heterocycles. The Morgan fingerprint density at radius 2 is 1.60 bits per heavy atom. The Morgan fingerprint density at radius 3 is 2.21 bits per heavy atom. The zero-order valence-electron chi connectivity index (χ0n) is 24.4. The monoisotopic (exact) mass is 585 g/mol. The largest absolute Gasteiger partial charge is 0.497 e. The summed E-state index contributed by atoms with van der Waals surface area (Å²) in [6.07, 6.45) is 0.267. The number of ether oxygens (including phenoxy) is 1. The fourth-order valence-corrected chi connectivity index (χ4v) is 4.76. The fourth-order valence-electron chi connectivity index (χ4n) is 4.76. The van der Waals surface area contributed by atoms with Gasteiger partial charge in [0.1, 0.15) is 18.3 Å². The van der Waals surface area contributed by atoms with Gasteiger partial charge in [0, 0.05) is 50.4 Å². The maximum absolute atomic E-state index is 13.6. The van der Waals surface area contributed by atoms with Crippen molar-refractivity contribution in [2.75, 3.05) is 50.6 Å². The van der Waals surface area contributed by atoms with Crippen LogP contribution in [0.5, 0.6) is 5.75 Å². The number of carbonyl (C=O) groups is 5. The number of methoxy groups -OCH3 is 1. The maximum atomic E-state index is 13.6. The minimum Gasteiger partial charge on any atom is -0.497 e. The van der Waals surface area contributed by atoms with Gasteiger partial charge in [0.05, 0.1) is 13.7 Å². The predicted octanol–water partition coefficient (Wildman–Crippen LogP) is 2.33. The van der Waals surface area contributed by atoms with Crippen LogP contribution in [0.4, 0.5) is 11.4 Å². The number of hydrogen-bond acceptors (Lipinski definition) is 6. The third-order valence-electron chi connectivity index (χ3n) is 7.10. The molecular formula is C32H35N5O6. The van der Waals surface area contributed by atoms with E-state index in [1.54, 1.807) is 62.7 Å². The Kier molecular flexibility index (Phi) is 10.1. The highest BCUT2D eigenvalue weighted by Crippen LogP contribution is 2.20. The van der Waals surface area contributed by atoms with E-state index in [9.17, 15) is 24.0 Å². The molecule has 2 N–H and O–H groups in total. The van der Waals surface area contributed by atoms with Gasteiger partial charge < -0.3 is 30.1 Å². The van der Waals surface area contributed by atoms with E-state index in [-0.39, 0.29) is 56.2 Å². The lowest BCUT2D eigenvalue weighted by Crippen LogP contribution is -2.56. The number of carbonyl (C=O) groups excluding carboxylic acids is 5. The molecule has 224 valence electrons. The van der Waals surface area contributed by atoms with Gasteiger partial charge in [-0.25, -0.2) is 0 Å². The van der Waals surface area contributed by atoms with Gasteiger partial charge >= 0.3 is 0 Å². The van der Waals surface area contributed by atoms with E-state index < -0.39 is 11.9 Å². The van der Waals surface area contributed by atoms with Crippen molar-refractivity contribution in [1.82, 2.24) is 15.1 Å². The molecule has 1 aliphatic heterocycles. The van der Waals surface area contributed by atoms with Crippen LogP contribution >= 0.6 is 0 Å². The third kappa shape index (κ3) is 8.19. The van der Waals surface area contributed by atoms with Crippen molar-refractivity contribution in [3.05, 3.63) is 90.0 Å². The molecule has 0 bridgehead atoms. The van der Waals surface area contributed by atoms with Crippen LogP contribution in [-0.2, 0) is 25.6 Å². The first-order valence-corrected chi connectivity index (χ1v) is 13.8. The first kappa shape index (κ1) is 30.8. The zero-order chi connectivity index (χ0) is 30.9. The molecule has 1 aliphatic rings. The van der Waals surface area contributed by atoms with Crippen LogP contribution in [0.3, 0.4) is 0 Å². The molecule has 1 heterocycles. The van der Waals surface area contributed by atoms with E-state index in [2.05, 4.69) is 10.6 Å². The molecular weight excluding hydrogens is 550 g/mol. The molecule has 0 aliphatic carbocycles. The number of anilines is 2. The minimum absolute atomic E-state index is 0.172. The van der Waals surface area contributed by atoms with Gasteiger partial charge in [-0.15, -0.1) is 0 Å². The summed E-state index contributed by atoms with van der Waals surface area (Å²) < 4.78 is 5.20. The normalized spacial score (nSPS) is 13.6. The van der Waals surface area contributed by atoms with Gasteiger partial charge in [-0.2, -0.15) is 0 Å². The lowest BCUT2D eigenvalue weighted by molar-refractivity contribution is -0.139. The number of hydrogen-bond donors (Lipinski definition) is 2. The van der Waals surface area contributed by atoms with Gasteiger partial charge in [0.15, 0.2) is 0 Å². The number of benzene rings is 3. The van der Waals surface area contributed by atoms with E-state index in [0.29, 0.717) is 22.7 Å². The Morgan fingerprint density at radius 1 is 0.930 bits per heavy atom. The van der Waals surface area contributed by atoms with Crippen LogP contribution in [0, 0.1) is 0 Å². The molecule has 0 unspecified atom stereocenters. The van der Waals surface area contributed by atoms with Gasteiger partial charge in [-0.3, -0.25) is 24.0 Å². The summed E-state index contributed by atoms with van der Waals surface area (Å²) in [5.74, 6) is -1.03. The molecule has 3 aromatic rings.